The van der Waals surface area contributed by atoms with E-state index in [0.717, 1.165) is 42.5 Å². The highest BCUT2D eigenvalue weighted by molar-refractivity contribution is 6.30. The van der Waals surface area contributed by atoms with E-state index in [1.165, 1.54) is 11.8 Å². The molecule has 0 spiro atoms. The Hall–Kier alpha value is -2.84. The molecule has 4 aromatic rings. The molecule has 0 saturated carbocycles. The number of hydrogen-bond acceptors (Lipinski definition) is 5. The lowest BCUT2D eigenvalue weighted by molar-refractivity contribution is 0.565. The van der Waals surface area contributed by atoms with Crippen LogP contribution in [0.15, 0.2) is 30.7 Å². The molecule has 0 amide bonds. The molecule has 0 bridgehead atoms. The molecule has 4 aromatic heterocycles. The molecule has 30 heavy (non-hydrogen) atoms. The minimum absolute atomic E-state index is 0.105. The summed E-state index contributed by atoms with van der Waals surface area (Å²) < 4.78 is 15.2. The molecule has 1 aliphatic carbocycles. The number of fused-ring (bicyclic) bond motifs is 2. The highest BCUT2D eigenvalue weighted by atomic mass is 35.5. The Morgan fingerprint density at radius 2 is 2.17 bits per heavy atom. The maximum atomic E-state index is 13.6. The van der Waals surface area contributed by atoms with Crippen LogP contribution in [0.25, 0.3) is 16.9 Å². The second-order valence-electron chi connectivity index (χ2n) is 7.91. The van der Waals surface area contributed by atoms with Gasteiger partial charge in [0.15, 0.2) is 5.65 Å². The van der Waals surface area contributed by atoms with Gasteiger partial charge in [-0.1, -0.05) is 18.5 Å². The summed E-state index contributed by atoms with van der Waals surface area (Å²) in [5, 5.41) is 4.80. The van der Waals surface area contributed by atoms with E-state index in [4.69, 9.17) is 27.3 Å². The lowest BCUT2D eigenvalue weighted by Gasteiger charge is -2.15. The summed E-state index contributed by atoms with van der Waals surface area (Å²) in [6.45, 7) is 2.11. The molecule has 1 aliphatic rings. The van der Waals surface area contributed by atoms with Crippen LogP contribution in [0.5, 0.6) is 0 Å². The fraction of sp³-hybridized carbons (Fsp3) is 0.333. The fourth-order valence-electron chi connectivity index (χ4n) is 4.05. The predicted molar refractivity (Wildman–Crippen MR) is 112 cm³/mol. The zero-order valence-corrected chi connectivity index (χ0v) is 17.2. The largest absolute Gasteiger partial charge is 0.346 e. The molecular weight excluding hydrogens is 405 g/mol. The van der Waals surface area contributed by atoms with Gasteiger partial charge in [-0.3, -0.25) is 4.98 Å². The maximum absolute atomic E-state index is 13.6. The van der Waals surface area contributed by atoms with Crippen molar-refractivity contribution in [3.05, 3.63) is 64.5 Å². The third kappa shape index (κ3) is 3.46. The van der Waals surface area contributed by atoms with Gasteiger partial charge in [0.05, 0.1) is 23.8 Å². The van der Waals surface area contributed by atoms with Gasteiger partial charge in [-0.2, -0.15) is 5.10 Å². The van der Waals surface area contributed by atoms with E-state index in [1.807, 2.05) is 0 Å². The number of hydrogen-bond donors (Lipinski definition) is 2. The smallest absolute Gasteiger partial charge is 0.160 e. The number of pyridine rings is 1. The van der Waals surface area contributed by atoms with Gasteiger partial charge in [0.2, 0.25) is 0 Å². The average molecular weight is 426 g/mol. The van der Waals surface area contributed by atoms with Crippen LogP contribution in [0.2, 0.25) is 5.15 Å². The van der Waals surface area contributed by atoms with Gasteiger partial charge < -0.3 is 10.7 Å². The molecule has 0 aromatic carbocycles. The van der Waals surface area contributed by atoms with Crippen LogP contribution in [0.3, 0.4) is 0 Å². The normalized spacial score (nSPS) is 17.3. The van der Waals surface area contributed by atoms with Crippen molar-refractivity contribution >= 4 is 17.2 Å². The van der Waals surface area contributed by atoms with E-state index in [1.54, 1.807) is 23.0 Å². The Bertz CT molecular complexity index is 1230. The number of imidazole rings is 1. The first kappa shape index (κ1) is 19.1. The lowest BCUT2D eigenvalue weighted by atomic mass is 9.97. The highest BCUT2D eigenvalue weighted by Gasteiger charge is 2.22. The zero-order chi connectivity index (χ0) is 20.8. The second kappa shape index (κ2) is 7.45. The van der Waals surface area contributed by atoms with Crippen LogP contribution in [0.4, 0.5) is 4.39 Å². The summed E-state index contributed by atoms with van der Waals surface area (Å²) >= 11 is 6.43. The van der Waals surface area contributed by atoms with Gasteiger partial charge in [0.1, 0.15) is 16.8 Å². The first-order chi connectivity index (χ1) is 14.5. The zero-order valence-electron chi connectivity index (χ0n) is 16.4. The van der Waals surface area contributed by atoms with Gasteiger partial charge in [-0.25, -0.2) is 18.9 Å². The van der Waals surface area contributed by atoms with E-state index in [9.17, 15) is 4.39 Å². The van der Waals surface area contributed by atoms with Crippen molar-refractivity contribution in [1.82, 2.24) is 29.5 Å². The van der Waals surface area contributed by atoms with Crippen molar-refractivity contribution in [3.8, 4) is 11.3 Å². The minimum atomic E-state index is -0.422. The van der Waals surface area contributed by atoms with Gasteiger partial charge >= 0.3 is 0 Å². The lowest BCUT2D eigenvalue weighted by Crippen LogP contribution is -2.27. The summed E-state index contributed by atoms with van der Waals surface area (Å²) in [5.41, 5.74) is 11.1. The van der Waals surface area contributed by atoms with Crippen LogP contribution in [-0.2, 0) is 19.3 Å². The summed E-state index contributed by atoms with van der Waals surface area (Å²) in [4.78, 5) is 16.8. The number of nitrogens with zero attached hydrogens (tertiary/aromatic N) is 5. The van der Waals surface area contributed by atoms with Crippen molar-refractivity contribution < 1.29 is 4.39 Å². The molecule has 154 valence electrons. The number of aromatic amines is 1. The summed E-state index contributed by atoms with van der Waals surface area (Å²) in [5.74, 6) is 0.625. The van der Waals surface area contributed by atoms with Gasteiger partial charge in [-0.05, 0) is 24.8 Å². The molecule has 2 unspecified atom stereocenters. The molecule has 0 fully saturated rings. The second-order valence-corrected chi connectivity index (χ2v) is 8.30. The quantitative estimate of drug-likeness (QED) is 0.488. The van der Waals surface area contributed by atoms with E-state index in [2.05, 4.69) is 22.0 Å². The number of aromatic nitrogens is 6. The summed E-state index contributed by atoms with van der Waals surface area (Å²) in [6, 6.07) is 3.24. The van der Waals surface area contributed by atoms with E-state index >= 15 is 0 Å². The van der Waals surface area contributed by atoms with Crippen molar-refractivity contribution in [3.63, 3.8) is 0 Å². The number of aryl methyl sites for hydroxylation is 1. The number of halogens is 2. The molecule has 2 atom stereocenters. The Labute approximate surface area is 177 Å². The van der Waals surface area contributed by atoms with Crippen molar-refractivity contribution in [2.24, 2.45) is 5.73 Å². The molecule has 7 nitrogen and oxygen atoms in total. The molecule has 4 heterocycles. The minimum Gasteiger partial charge on any atom is -0.346 e. The number of nitrogens with two attached hydrogens (primary N) is 1. The van der Waals surface area contributed by atoms with E-state index in [0.29, 0.717) is 28.5 Å². The summed E-state index contributed by atoms with van der Waals surface area (Å²) in [7, 11) is 0. The first-order valence-corrected chi connectivity index (χ1v) is 10.3. The van der Waals surface area contributed by atoms with Crippen LogP contribution >= 0.6 is 11.6 Å². The molecule has 3 N–H and O–H groups in total. The Kier molecular flexibility index (Phi) is 4.75. The van der Waals surface area contributed by atoms with Gasteiger partial charge in [-0.15, -0.1) is 0 Å². The highest BCUT2D eigenvalue weighted by Crippen LogP contribution is 2.29. The SMILES string of the molecule is CC(Cc1nc2c([nH]1)CCC(N)C2)c1cnn2c(Cl)cc(-c3cncc(F)c3)nc12. The average Bonchev–Trinajstić information content (AvgIpc) is 3.31. The number of nitrogens with one attached hydrogen (secondary N) is 1. The van der Waals surface area contributed by atoms with Crippen LogP contribution in [0.1, 0.15) is 42.0 Å². The van der Waals surface area contributed by atoms with Crippen LogP contribution in [-0.4, -0.2) is 35.6 Å². The van der Waals surface area contributed by atoms with Gasteiger partial charge in [0, 0.05) is 48.0 Å². The third-order valence-corrected chi connectivity index (χ3v) is 5.89. The fourth-order valence-corrected chi connectivity index (χ4v) is 4.27. The molecule has 9 heteroatoms. The number of rotatable bonds is 4. The van der Waals surface area contributed by atoms with Crippen LogP contribution < -0.4 is 5.73 Å². The Balaban J connectivity index is 1.48. The van der Waals surface area contributed by atoms with E-state index in [-0.39, 0.29) is 12.0 Å². The van der Waals surface area contributed by atoms with E-state index < -0.39 is 5.82 Å². The van der Waals surface area contributed by atoms with Crippen molar-refractivity contribution in [2.75, 3.05) is 0 Å². The molecule has 5 rings (SSSR count). The molecule has 0 aliphatic heterocycles. The topological polar surface area (TPSA) is 97.8 Å². The monoisotopic (exact) mass is 425 g/mol. The predicted octanol–water partition coefficient (Wildman–Crippen LogP) is 3.47. The standard InChI is InChI=1S/C21H21ClFN7/c1-11(4-20-27-16-3-2-14(24)6-18(16)28-20)15-10-26-30-19(22)7-17(29-21(15)30)12-5-13(23)9-25-8-12/h5,7-11,14H,2-4,6,24H2,1H3,(H,27,28). The third-order valence-electron chi connectivity index (χ3n) is 5.62. The van der Waals surface area contributed by atoms with Crippen molar-refractivity contribution in [2.45, 2.75) is 44.6 Å². The molecular formula is C21H21ClFN7. The Morgan fingerprint density at radius 3 is 3.00 bits per heavy atom. The van der Waals surface area contributed by atoms with Gasteiger partial charge in [0.25, 0.3) is 0 Å². The van der Waals surface area contributed by atoms with Crippen LogP contribution in [0, 0.1) is 5.82 Å². The maximum Gasteiger partial charge on any atom is 0.160 e. The molecule has 0 radical (unpaired) electrons. The summed E-state index contributed by atoms with van der Waals surface area (Å²) in [6.07, 6.45) is 7.97. The first-order valence-electron chi connectivity index (χ1n) is 9.95. The number of H-pyrrole nitrogens is 1. The molecule has 0 saturated heterocycles. The Morgan fingerprint density at radius 1 is 1.30 bits per heavy atom. The van der Waals surface area contributed by atoms with Crippen molar-refractivity contribution in [1.29, 1.82) is 0 Å².